The molecule has 3 aromatic heterocycles. The van der Waals surface area contributed by atoms with Crippen LogP contribution in [0.4, 0.5) is 27.0 Å². The molecule has 0 radical (unpaired) electrons. The molecule has 0 saturated carbocycles. The number of carbonyl (C=O) groups is 2. The number of rotatable bonds is 4. The number of nitrogens with one attached hydrogen (secondary N) is 1. The first-order chi connectivity index (χ1) is 22.1. The molecule has 5 heterocycles. The SMILES string of the molecule is CC(C)(C)OC(=O)N1CCOC(c2ccc(N)nc2)C1.CC(C)(C)OC(=O)N1CCOC(c2ccc(Nc3ccc(Cl)cn3)nc2)C1. The molecule has 47 heavy (non-hydrogen) atoms. The third-order valence-corrected chi connectivity index (χ3v) is 6.98. The van der Waals surface area contributed by atoms with Gasteiger partial charge in [-0.1, -0.05) is 23.7 Å². The summed E-state index contributed by atoms with van der Waals surface area (Å²) < 4.78 is 22.3. The lowest BCUT2D eigenvalue weighted by molar-refractivity contribution is -0.0435. The molecule has 5 rings (SSSR count). The molecule has 0 spiro atoms. The van der Waals surface area contributed by atoms with E-state index in [2.05, 4.69) is 20.3 Å². The van der Waals surface area contributed by atoms with Gasteiger partial charge in [0.05, 0.1) is 31.3 Å². The number of aromatic nitrogens is 3. The van der Waals surface area contributed by atoms with E-state index in [1.807, 2.05) is 59.7 Å². The summed E-state index contributed by atoms with van der Waals surface area (Å²) in [7, 11) is 0. The Morgan fingerprint density at radius 3 is 1.64 bits per heavy atom. The minimum absolute atomic E-state index is 0.190. The molecule has 2 unspecified atom stereocenters. The largest absolute Gasteiger partial charge is 0.444 e. The van der Waals surface area contributed by atoms with E-state index in [-0.39, 0.29) is 24.4 Å². The van der Waals surface area contributed by atoms with Crippen molar-refractivity contribution in [3.8, 4) is 0 Å². The van der Waals surface area contributed by atoms with E-state index in [1.165, 1.54) is 0 Å². The number of morpholine rings is 2. The van der Waals surface area contributed by atoms with Crippen molar-refractivity contribution in [3.05, 3.63) is 71.1 Å². The van der Waals surface area contributed by atoms with Crippen molar-refractivity contribution in [2.75, 3.05) is 50.4 Å². The second kappa shape index (κ2) is 15.6. The molecule has 13 nitrogen and oxygen atoms in total. The van der Waals surface area contributed by atoms with Crippen molar-refractivity contribution in [1.29, 1.82) is 0 Å². The lowest BCUT2D eigenvalue weighted by atomic mass is 10.1. The Balaban J connectivity index is 0.000000223. The number of anilines is 3. The summed E-state index contributed by atoms with van der Waals surface area (Å²) in [5.74, 6) is 1.78. The Morgan fingerprint density at radius 2 is 1.23 bits per heavy atom. The molecule has 3 N–H and O–H groups in total. The molecule has 3 aromatic rings. The van der Waals surface area contributed by atoms with Gasteiger partial charge in [0.1, 0.15) is 40.9 Å². The van der Waals surface area contributed by atoms with Crippen molar-refractivity contribution in [3.63, 3.8) is 0 Å². The molecular formula is C33H44ClN7O6. The van der Waals surface area contributed by atoms with Gasteiger partial charge in [0.2, 0.25) is 0 Å². The van der Waals surface area contributed by atoms with E-state index in [9.17, 15) is 9.59 Å². The summed E-state index contributed by atoms with van der Waals surface area (Å²) in [6, 6.07) is 10.9. The van der Waals surface area contributed by atoms with Gasteiger partial charge in [-0.15, -0.1) is 0 Å². The van der Waals surface area contributed by atoms with Gasteiger partial charge in [0.15, 0.2) is 0 Å². The number of carbonyl (C=O) groups excluding carboxylic acids is 2. The van der Waals surface area contributed by atoms with E-state index in [0.717, 1.165) is 11.1 Å². The average molecular weight is 670 g/mol. The van der Waals surface area contributed by atoms with Gasteiger partial charge in [-0.3, -0.25) is 0 Å². The lowest BCUT2D eigenvalue weighted by Gasteiger charge is -2.34. The van der Waals surface area contributed by atoms with Gasteiger partial charge >= 0.3 is 12.2 Å². The highest BCUT2D eigenvalue weighted by atomic mass is 35.5. The Morgan fingerprint density at radius 1 is 0.766 bits per heavy atom. The van der Waals surface area contributed by atoms with Gasteiger partial charge in [0, 0.05) is 42.8 Å². The minimum atomic E-state index is -0.518. The Bertz CT molecular complexity index is 1460. The predicted molar refractivity (Wildman–Crippen MR) is 178 cm³/mol. The number of halogens is 1. The summed E-state index contributed by atoms with van der Waals surface area (Å²) in [6.07, 6.45) is 3.93. The summed E-state index contributed by atoms with van der Waals surface area (Å²) in [5.41, 5.74) is 6.36. The van der Waals surface area contributed by atoms with Gasteiger partial charge < -0.3 is 39.8 Å². The Hall–Kier alpha value is -4.20. The highest BCUT2D eigenvalue weighted by molar-refractivity contribution is 6.30. The maximum absolute atomic E-state index is 12.3. The van der Waals surface area contributed by atoms with Crippen molar-refractivity contribution in [1.82, 2.24) is 24.8 Å². The summed E-state index contributed by atoms with van der Waals surface area (Å²) in [6.45, 7) is 14.0. The molecule has 2 aliphatic heterocycles. The van der Waals surface area contributed by atoms with E-state index < -0.39 is 11.2 Å². The van der Waals surface area contributed by atoms with Crippen LogP contribution in [0.3, 0.4) is 0 Å². The maximum atomic E-state index is 12.3. The number of nitrogens with zero attached hydrogens (tertiary/aromatic N) is 5. The summed E-state index contributed by atoms with van der Waals surface area (Å²) >= 11 is 5.83. The molecule has 254 valence electrons. The number of hydrogen-bond acceptors (Lipinski definition) is 11. The third-order valence-electron chi connectivity index (χ3n) is 6.76. The van der Waals surface area contributed by atoms with Crippen molar-refractivity contribution >= 4 is 41.2 Å². The Labute approximate surface area is 280 Å². The van der Waals surface area contributed by atoms with Crippen LogP contribution in [0.25, 0.3) is 0 Å². The fourth-order valence-corrected chi connectivity index (χ4v) is 4.66. The molecular weight excluding hydrogens is 626 g/mol. The van der Waals surface area contributed by atoms with Crippen LogP contribution in [0, 0.1) is 0 Å². The molecule has 2 aliphatic rings. The second-order valence-corrected chi connectivity index (χ2v) is 13.5. The smallest absolute Gasteiger partial charge is 0.410 e. The molecule has 2 amide bonds. The van der Waals surface area contributed by atoms with Crippen LogP contribution in [-0.4, -0.2) is 87.5 Å². The molecule has 2 atom stereocenters. The first-order valence-electron chi connectivity index (χ1n) is 15.4. The number of nitrogen functional groups attached to an aromatic ring is 1. The fraction of sp³-hybridized carbons (Fsp3) is 0.485. The topological polar surface area (TPSA) is 154 Å². The highest BCUT2D eigenvalue weighted by Crippen LogP contribution is 2.25. The van der Waals surface area contributed by atoms with Gasteiger partial charge in [0.25, 0.3) is 0 Å². The third kappa shape index (κ3) is 11.5. The Kier molecular flexibility index (Phi) is 11.8. The number of hydrogen-bond donors (Lipinski definition) is 2. The molecule has 14 heteroatoms. The quantitative estimate of drug-likeness (QED) is 0.328. The zero-order valence-electron chi connectivity index (χ0n) is 27.7. The molecule has 0 aliphatic carbocycles. The average Bonchev–Trinajstić information content (AvgIpc) is 3.02. The standard InChI is InChI=1S/C19H23ClN4O3.C14H21N3O3/c1-19(2,3)27-18(25)24-8-9-26-15(12-24)13-4-6-16(21-10-13)23-17-7-5-14(20)11-22-17;1-14(2,3)20-13(18)17-6-7-19-11(9-17)10-4-5-12(15)16-8-10/h4-7,10-11,15H,8-9,12H2,1-3H3,(H,21,22,23);4-5,8,11H,6-7,9H2,1-3H3,(H2,15,16). The minimum Gasteiger partial charge on any atom is -0.444 e. The number of ether oxygens (including phenoxy) is 4. The van der Waals surface area contributed by atoms with E-state index in [0.29, 0.717) is 61.9 Å². The molecule has 0 aromatic carbocycles. The fourth-order valence-electron chi connectivity index (χ4n) is 4.54. The van der Waals surface area contributed by atoms with Crippen LogP contribution in [0.5, 0.6) is 0 Å². The van der Waals surface area contributed by atoms with E-state index in [4.69, 9.17) is 36.3 Å². The van der Waals surface area contributed by atoms with Gasteiger partial charge in [-0.25, -0.2) is 24.5 Å². The zero-order chi connectivity index (χ0) is 34.2. The maximum Gasteiger partial charge on any atom is 0.410 e. The number of pyridine rings is 3. The van der Waals surface area contributed by atoms with E-state index >= 15 is 0 Å². The van der Waals surface area contributed by atoms with Crippen molar-refractivity contribution in [2.24, 2.45) is 0 Å². The van der Waals surface area contributed by atoms with E-state index in [1.54, 1.807) is 46.6 Å². The predicted octanol–water partition coefficient (Wildman–Crippen LogP) is 6.15. The van der Waals surface area contributed by atoms with Crippen LogP contribution >= 0.6 is 11.6 Å². The van der Waals surface area contributed by atoms with Gasteiger partial charge in [-0.2, -0.15) is 0 Å². The van der Waals surface area contributed by atoms with Crippen LogP contribution < -0.4 is 11.1 Å². The zero-order valence-corrected chi connectivity index (χ0v) is 28.5. The molecule has 2 fully saturated rings. The van der Waals surface area contributed by atoms with Gasteiger partial charge in [-0.05, 0) is 65.8 Å². The van der Waals surface area contributed by atoms with Crippen LogP contribution in [0.1, 0.15) is 64.9 Å². The summed E-state index contributed by atoms with van der Waals surface area (Å²) in [4.78, 5) is 40.3. The lowest BCUT2D eigenvalue weighted by Crippen LogP contribution is -2.44. The van der Waals surface area contributed by atoms with Crippen molar-refractivity contribution in [2.45, 2.75) is 65.0 Å². The second-order valence-electron chi connectivity index (χ2n) is 13.1. The van der Waals surface area contributed by atoms with Crippen molar-refractivity contribution < 1.29 is 28.5 Å². The van der Waals surface area contributed by atoms with Crippen LogP contribution in [-0.2, 0) is 18.9 Å². The van der Waals surface area contributed by atoms with Crippen LogP contribution in [0.2, 0.25) is 5.02 Å². The monoisotopic (exact) mass is 669 g/mol. The normalized spacial score (nSPS) is 18.4. The number of nitrogens with two attached hydrogens (primary N) is 1. The molecule has 2 saturated heterocycles. The first-order valence-corrected chi connectivity index (χ1v) is 15.8. The summed E-state index contributed by atoms with van der Waals surface area (Å²) in [5, 5.41) is 3.68. The first kappa shape index (κ1) is 35.7. The molecule has 0 bridgehead atoms. The van der Waals surface area contributed by atoms with Crippen LogP contribution in [0.15, 0.2) is 55.0 Å². The highest BCUT2D eigenvalue weighted by Gasteiger charge is 2.30. The number of amides is 2.